The van der Waals surface area contributed by atoms with Gasteiger partial charge in [0.1, 0.15) is 0 Å². The van der Waals surface area contributed by atoms with Crippen molar-refractivity contribution < 1.29 is 0 Å². The largest absolute Gasteiger partial charge is 0.313 e. The Morgan fingerprint density at radius 3 is 2.25 bits per heavy atom. The van der Waals surface area contributed by atoms with E-state index in [-0.39, 0.29) is 5.41 Å². The first kappa shape index (κ1) is 14.1. The SMILES string of the molecule is CCC1CC1(CNC1CC1)c1ccc(C(C)(C)C)cc1. The molecular formula is C19H29N. The van der Waals surface area contributed by atoms with E-state index in [2.05, 4.69) is 57.3 Å². The fraction of sp³-hybridized carbons (Fsp3) is 0.684. The summed E-state index contributed by atoms with van der Waals surface area (Å²) in [6, 6.07) is 10.3. The van der Waals surface area contributed by atoms with Gasteiger partial charge in [0.05, 0.1) is 0 Å². The van der Waals surface area contributed by atoms with Crippen LogP contribution in [0.1, 0.15) is 64.5 Å². The van der Waals surface area contributed by atoms with Gasteiger partial charge in [-0.2, -0.15) is 0 Å². The summed E-state index contributed by atoms with van der Waals surface area (Å²) >= 11 is 0. The van der Waals surface area contributed by atoms with Gasteiger partial charge < -0.3 is 5.32 Å². The minimum atomic E-state index is 0.256. The first-order valence-corrected chi connectivity index (χ1v) is 8.30. The maximum atomic E-state index is 3.77. The van der Waals surface area contributed by atoms with E-state index in [0.717, 1.165) is 12.0 Å². The van der Waals surface area contributed by atoms with E-state index in [4.69, 9.17) is 0 Å². The molecule has 2 saturated carbocycles. The van der Waals surface area contributed by atoms with Crippen LogP contribution in [-0.4, -0.2) is 12.6 Å². The molecule has 1 aromatic carbocycles. The van der Waals surface area contributed by atoms with Gasteiger partial charge in [0, 0.05) is 18.0 Å². The van der Waals surface area contributed by atoms with E-state index in [1.54, 1.807) is 5.56 Å². The molecular weight excluding hydrogens is 242 g/mol. The maximum Gasteiger partial charge on any atom is 0.0109 e. The number of rotatable bonds is 5. The molecule has 0 saturated heterocycles. The highest BCUT2D eigenvalue weighted by molar-refractivity contribution is 5.38. The van der Waals surface area contributed by atoms with Crippen molar-refractivity contribution in [3.05, 3.63) is 35.4 Å². The lowest BCUT2D eigenvalue weighted by Gasteiger charge is -2.22. The summed E-state index contributed by atoms with van der Waals surface area (Å²) in [5.74, 6) is 0.884. The minimum Gasteiger partial charge on any atom is -0.313 e. The van der Waals surface area contributed by atoms with Crippen LogP contribution in [0.25, 0.3) is 0 Å². The Hall–Kier alpha value is -0.820. The maximum absolute atomic E-state index is 3.77. The summed E-state index contributed by atoms with van der Waals surface area (Å²) in [6.07, 6.45) is 5.46. The Labute approximate surface area is 124 Å². The fourth-order valence-corrected chi connectivity index (χ4v) is 3.50. The van der Waals surface area contributed by atoms with Crippen molar-refractivity contribution in [3.63, 3.8) is 0 Å². The smallest absolute Gasteiger partial charge is 0.0109 e. The highest BCUT2D eigenvalue weighted by Crippen LogP contribution is 2.56. The second-order valence-corrected chi connectivity index (χ2v) is 7.95. The molecule has 2 aliphatic rings. The standard InChI is InChI=1S/C19H29N/c1-5-14-12-19(14,13-20-17-10-11-17)16-8-6-15(7-9-16)18(2,3)4/h6-9,14,17,20H,5,10-13H2,1-4H3. The van der Waals surface area contributed by atoms with Crippen LogP contribution in [0, 0.1) is 5.92 Å². The Bertz CT molecular complexity index is 464. The summed E-state index contributed by atoms with van der Waals surface area (Å²) in [6.45, 7) is 10.4. The molecule has 3 rings (SSSR count). The lowest BCUT2D eigenvalue weighted by Crippen LogP contribution is -2.30. The Morgan fingerprint density at radius 2 is 1.80 bits per heavy atom. The Kier molecular flexibility index (Phi) is 3.44. The number of benzene rings is 1. The number of hydrogen-bond acceptors (Lipinski definition) is 1. The molecule has 0 amide bonds. The molecule has 1 heteroatoms. The molecule has 110 valence electrons. The van der Waals surface area contributed by atoms with Gasteiger partial charge in [-0.25, -0.2) is 0 Å². The predicted octanol–water partition coefficient (Wildman–Crippen LogP) is 4.40. The van der Waals surface area contributed by atoms with Crippen molar-refractivity contribution in [3.8, 4) is 0 Å². The first-order valence-electron chi connectivity index (χ1n) is 8.30. The van der Waals surface area contributed by atoms with Gasteiger partial charge in [-0.15, -0.1) is 0 Å². The van der Waals surface area contributed by atoms with Gasteiger partial charge in [-0.3, -0.25) is 0 Å². The summed E-state index contributed by atoms with van der Waals surface area (Å²) in [5, 5.41) is 3.77. The third-order valence-electron chi connectivity index (χ3n) is 5.33. The van der Waals surface area contributed by atoms with Crippen LogP contribution in [0.2, 0.25) is 0 Å². The number of nitrogens with one attached hydrogen (secondary N) is 1. The van der Waals surface area contributed by atoms with E-state index in [1.807, 2.05) is 0 Å². The summed E-state index contributed by atoms with van der Waals surface area (Å²) in [7, 11) is 0. The van der Waals surface area contributed by atoms with Crippen molar-refractivity contribution in [1.29, 1.82) is 0 Å². The van der Waals surface area contributed by atoms with Crippen LogP contribution in [-0.2, 0) is 10.8 Å². The monoisotopic (exact) mass is 271 g/mol. The van der Waals surface area contributed by atoms with E-state index >= 15 is 0 Å². The zero-order valence-electron chi connectivity index (χ0n) is 13.5. The molecule has 0 aliphatic heterocycles. The molecule has 1 N–H and O–H groups in total. The van der Waals surface area contributed by atoms with Crippen molar-refractivity contribution in [1.82, 2.24) is 5.32 Å². The van der Waals surface area contributed by atoms with Gasteiger partial charge in [0.2, 0.25) is 0 Å². The lowest BCUT2D eigenvalue weighted by molar-refractivity contribution is 0.521. The minimum absolute atomic E-state index is 0.256. The lowest BCUT2D eigenvalue weighted by atomic mass is 9.84. The average molecular weight is 271 g/mol. The van der Waals surface area contributed by atoms with Crippen molar-refractivity contribution in [2.24, 2.45) is 5.92 Å². The van der Waals surface area contributed by atoms with Gasteiger partial charge in [0.15, 0.2) is 0 Å². The fourth-order valence-electron chi connectivity index (χ4n) is 3.50. The number of hydrogen-bond donors (Lipinski definition) is 1. The van der Waals surface area contributed by atoms with Crippen LogP contribution in [0.3, 0.4) is 0 Å². The molecule has 2 atom stereocenters. The molecule has 2 unspecified atom stereocenters. The zero-order valence-corrected chi connectivity index (χ0v) is 13.5. The Morgan fingerprint density at radius 1 is 1.15 bits per heavy atom. The van der Waals surface area contributed by atoms with Gasteiger partial charge in [-0.05, 0) is 41.7 Å². The topological polar surface area (TPSA) is 12.0 Å². The molecule has 0 heterocycles. The van der Waals surface area contributed by atoms with Crippen LogP contribution in [0.4, 0.5) is 0 Å². The van der Waals surface area contributed by atoms with Crippen LogP contribution in [0.5, 0.6) is 0 Å². The van der Waals surface area contributed by atoms with Crippen LogP contribution in [0.15, 0.2) is 24.3 Å². The molecule has 0 radical (unpaired) electrons. The predicted molar refractivity (Wildman–Crippen MR) is 86.2 cm³/mol. The Balaban J connectivity index is 1.77. The zero-order chi connectivity index (χ0) is 14.4. The molecule has 2 aliphatic carbocycles. The molecule has 0 bridgehead atoms. The van der Waals surface area contributed by atoms with Gasteiger partial charge in [-0.1, -0.05) is 58.4 Å². The highest BCUT2D eigenvalue weighted by atomic mass is 15.0. The van der Waals surface area contributed by atoms with Crippen LogP contribution >= 0.6 is 0 Å². The summed E-state index contributed by atoms with van der Waals surface area (Å²) < 4.78 is 0. The van der Waals surface area contributed by atoms with E-state index < -0.39 is 0 Å². The van der Waals surface area contributed by atoms with Gasteiger partial charge in [0.25, 0.3) is 0 Å². The third kappa shape index (κ3) is 2.65. The van der Waals surface area contributed by atoms with Crippen molar-refractivity contribution in [2.75, 3.05) is 6.54 Å². The van der Waals surface area contributed by atoms with E-state index in [0.29, 0.717) is 5.41 Å². The molecule has 0 spiro atoms. The summed E-state index contributed by atoms with van der Waals surface area (Å²) in [5.41, 5.74) is 3.70. The molecule has 20 heavy (non-hydrogen) atoms. The van der Waals surface area contributed by atoms with Gasteiger partial charge >= 0.3 is 0 Å². The first-order chi connectivity index (χ1) is 9.45. The third-order valence-corrected chi connectivity index (χ3v) is 5.33. The second kappa shape index (κ2) is 4.87. The molecule has 1 nitrogen and oxygen atoms in total. The molecule has 1 aromatic rings. The van der Waals surface area contributed by atoms with Crippen molar-refractivity contribution >= 4 is 0 Å². The van der Waals surface area contributed by atoms with E-state index in [1.165, 1.54) is 37.8 Å². The molecule has 0 aromatic heterocycles. The van der Waals surface area contributed by atoms with E-state index in [9.17, 15) is 0 Å². The normalized spacial score (nSPS) is 29.5. The summed E-state index contributed by atoms with van der Waals surface area (Å²) in [4.78, 5) is 0. The molecule has 2 fully saturated rings. The van der Waals surface area contributed by atoms with Crippen molar-refractivity contribution in [2.45, 2.75) is 70.3 Å². The highest BCUT2D eigenvalue weighted by Gasteiger charge is 2.53. The van der Waals surface area contributed by atoms with Crippen LogP contribution < -0.4 is 5.32 Å². The quantitative estimate of drug-likeness (QED) is 0.837. The average Bonchev–Trinajstić information content (AvgIpc) is 3.30. The second-order valence-electron chi connectivity index (χ2n) is 7.95.